The normalized spacial score (nSPS) is 10.2. The Hall–Kier alpha value is -0.260. The van der Waals surface area contributed by atoms with Gasteiger partial charge in [-0.2, -0.15) is 0 Å². The zero-order valence-electron chi connectivity index (χ0n) is 5.72. The second-order valence-corrected chi connectivity index (χ2v) is 3.13. The third-order valence-electron chi connectivity index (χ3n) is 1.20. The Morgan fingerprint density at radius 3 is 2.80 bits per heavy atom. The van der Waals surface area contributed by atoms with E-state index >= 15 is 0 Å². The first-order valence-corrected chi connectivity index (χ1v) is 4.23. The molecule has 0 atom stereocenters. The van der Waals surface area contributed by atoms with Gasteiger partial charge in [0.2, 0.25) is 0 Å². The molecule has 0 amide bonds. The highest BCUT2D eigenvalue weighted by Crippen LogP contribution is 2.19. The minimum absolute atomic E-state index is 0.504. The van der Waals surface area contributed by atoms with Gasteiger partial charge in [0.05, 0.1) is 3.57 Å². The first-order chi connectivity index (χ1) is 4.75. The number of anilines is 1. The maximum Gasteiger partial charge on any atom is 0.180 e. The van der Waals surface area contributed by atoms with Crippen LogP contribution in [0.1, 0.15) is 19.1 Å². The van der Waals surface area contributed by atoms with E-state index in [9.17, 15) is 0 Å². The molecule has 0 unspecified atom stereocenters. The number of nitrogen functional groups attached to an aromatic ring is 1. The summed E-state index contributed by atoms with van der Waals surface area (Å²) in [7, 11) is 0. The fourth-order valence-corrected chi connectivity index (χ4v) is 1.18. The number of halogens is 1. The van der Waals surface area contributed by atoms with Gasteiger partial charge in [0.1, 0.15) is 0 Å². The second-order valence-electron chi connectivity index (χ2n) is 2.05. The summed E-state index contributed by atoms with van der Waals surface area (Å²) in [5.41, 5.74) is 5.46. The lowest BCUT2D eigenvalue weighted by Gasteiger charge is -1.88. The molecular formula is C6H9IN2O. The van der Waals surface area contributed by atoms with Crippen LogP contribution in [0.4, 0.5) is 5.82 Å². The Bertz CT molecular complexity index is 222. The molecule has 56 valence electrons. The predicted molar refractivity (Wildman–Crippen MR) is 47.6 cm³/mol. The van der Waals surface area contributed by atoms with Crippen LogP contribution in [-0.2, 0) is 6.42 Å². The van der Waals surface area contributed by atoms with Crippen molar-refractivity contribution in [3.8, 4) is 0 Å². The van der Waals surface area contributed by atoms with Gasteiger partial charge in [-0.3, -0.25) is 0 Å². The van der Waals surface area contributed by atoms with Crippen LogP contribution in [0.3, 0.4) is 0 Å². The van der Waals surface area contributed by atoms with Crippen molar-refractivity contribution in [3.05, 3.63) is 9.33 Å². The van der Waals surface area contributed by atoms with Gasteiger partial charge in [-0.25, -0.2) is 0 Å². The van der Waals surface area contributed by atoms with Crippen molar-refractivity contribution in [3.63, 3.8) is 0 Å². The number of nitrogens with two attached hydrogens (primary N) is 1. The Morgan fingerprint density at radius 1 is 1.70 bits per heavy atom. The van der Waals surface area contributed by atoms with E-state index in [0.717, 1.165) is 22.2 Å². The SMILES string of the molecule is CCCc1onc(N)c1I. The van der Waals surface area contributed by atoms with Crippen molar-refractivity contribution in [2.75, 3.05) is 5.73 Å². The van der Waals surface area contributed by atoms with Gasteiger partial charge in [0, 0.05) is 6.42 Å². The van der Waals surface area contributed by atoms with Crippen molar-refractivity contribution >= 4 is 28.4 Å². The van der Waals surface area contributed by atoms with E-state index in [2.05, 4.69) is 34.7 Å². The molecule has 2 N–H and O–H groups in total. The zero-order valence-corrected chi connectivity index (χ0v) is 7.88. The Morgan fingerprint density at radius 2 is 2.40 bits per heavy atom. The highest BCUT2D eigenvalue weighted by Gasteiger charge is 2.08. The van der Waals surface area contributed by atoms with E-state index < -0.39 is 0 Å². The largest absolute Gasteiger partial charge is 0.380 e. The summed E-state index contributed by atoms with van der Waals surface area (Å²) in [6.45, 7) is 2.09. The Labute approximate surface area is 73.1 Å². The van der Waals surface area contributed by atoms with Gasteiger partial charge in [-0.1, -0.05) is 12.1 Å². The molecule has 0 saturated heterocycles. The van der Waals surface area contributed by atoms with Crippen LogP contribution < -0.4 is 5.73 Å². The summed E-state index contributed by atoms with van der Waals surface area (Å²) in [5.74, 6) is 1.41. The van der Waals surface area contributed by atoms with Crippen molar-refractivity contribution in [1.29, 1.82) is 0 Å². The van der Waals surface area contributed by atoms with E-state index in [1.165, 1.54) is 0 Å². The number of hydrogen-bond donors (Lipinski definition) is 1. The van der Waals surface area contributed by atoms with Gasteiger partial charge in [0.15, 0.2) is 11.6 Å². The van der Waals surface area contributed by atoms with Crippen LogP contribution in [0.2, 0.25) is 0 Å². The lowest BCUT2D eigenvalue weighted by atomic mass is 10.3. The molecule has 0 spiro atoms. The van der Waals surface area contributed by atoms with E-state index in [0.29, 0.717) is 5.82 Å². The number of nitrogens with zero attached hydrogens (tertiary/aromatic N) is 1. The molecule has 0 aliphatic carbocycles. The monoisotopic (exact) mass is 252 g/mol. The van der Waals surface area contributed by atoms with Crippen molar-refractivity contribution in [2.24, 2.45) is 0 Å². The quantitative estimate of drug-likeness (QED) is 0.816. The molecule has 0 aromatic carbocycles. The van der Waals surface area contributed by atoms with Crippen molar-refractivity contribution in [1.82, 2.24) is 5.16 Å². The minimum Gasteiger partial charge on any atom is -0.380 e. The summed E-state index contributed by atoms with van der Waals surface area (Å²) in [6.07, 6.45) is 1.98. The summed E-state index contributed by atoms with van der Waals surface area (Å²) in [6, 6.07) is 0. The topological polar surface area (TPSA) is 52.0 Å². The molecule has 10 heavy (non-hydrogen) atoms. The molecule has 0 radical (unpaired) electrons. The fraction of sp³-hybridized carbons (Fsp3) is 0.500. The molecule has 1 aromatic heterocycles. The smallest absolute Gasteiger partial charge is 0.180 e. The summed E-state index contributed by atoms with van der Waals surface area (Å²) in [5, 5.41) is 3.63. The highest BCUT2D eigenvalue weighted by atomic mass is 127. The first-order valence-electron chi connectivity index (χ1n) is 3.15. The van der Waals surface area contributed by atoms with Crippen molar-refractivity contribution < 1.29 is 4.52 Å². The van der Waals surface area contributed by atoms with Crippen LogP contribution in [-0.4, -0.2) is 5.16 Å². The average Bonchev–Trinajstić information content (AvgIpc) is 2.20. The molecule has 0 fully saturated rings. The number of rotatable bonds is 2. The first kappa shape index (κ1) is 7.84. The maximum absolute atomic E-state index is 5.46. The minimum atomic E-state index is 0.504. The lowest BCUT2D eigenvalue weighted by Crippen LogP contribution is -1.87. The standard InChI is InChI=1S/C6H9IN2O/c1-2-3-4-5(7)6(8)9-10-4/h2-3H2,1H3,(H2,8,9). The van der Waals surface area contributed by atoms with Crippen LogP contribution in [0.25, 0.3) is 0 Å². The molecule has 1 heterocycles. The van der Waals surface area contributed by atoms with Crippen LogP contribution in [0.15, 0.2) is 4.52 Å². The molecular weight excluding hydrogens is 243 g/mol. The average molecular weight is 252 g/mol. The van der Waals surface area contributed by atoms with E-state index in [1.807, 2.05) is 0 Å². The van der Waals surface area contributed by atoms with Crippen molar-refractivity contribution in [2.45, 2.75) is 19.8 Å². The molecule has 0 aliphatic rings. The van der Waals surface area contributed by atoms with Crippen LogP contribution >= 0.6 is 22.6 Å². The molecule has 1 aromatic rings. The van der Waals surface area contributed by atoms with Gasteiger partial charge in [0.25, 0.3) is 0 Å². The summed E-state index contributed by atoms with van der Waals surface area (Å²) < 4.78 is 5.91. The number of hydrogen-bond acceptors (Lipinski definition) is 3. The zero-order chi connectivity index (χ0) is 7.56. The van der Waals surface area contributed by atoms with Crippen LogP contribution in [0.5, 0.6) is 0 Å². The third-order valence-corrected chi connectivity index (χ3v) is 2.36. The van der Waals surface area contributed by atoms with E-state index in [1.54, 1.807) is 0 Å². The van der Waals surface area contributed by atoms with Gasteiger partial charge in [-0.05, 0) is 29.0 Å². The predicted octanol–water partition coefficient (Wildman–Crippen LogP) is 1.81. The molecule has 0 saturated carbocycles. The van der Waals surface area contributed by atoms with E-state index in [4.69, 9.17) is 10.3 Å². The molecule has 3 nitrogen and oxygen atoms in total. The van der Waals surface area contributed by atoms with Gasteiger partial charge >= 0.3 is 0 Å². The number of aromatic nitrogens is 1. The Balaban J connectivity index is 2.83. The molecule has 4 heteroatoms. The summed E-state index contributed by atoms with van der Waals surface area (Å²) >= 11 is 2.14. The molecule has 0 aliphatic heterocycles. The maximum atomic E-state index is 5.46. The fourth-order valence-electron chi connectivity index (χ4n) is 0.710. The second kappa shape index (κ2) is 3.23. The Kier molecular flexibility index (Phi) is 2.53. The van der Waals surface area contributed by atoms with Gasteiger partial charge in [-0.15, -0.1) is 0 Å². The lowest BCUT2D eigenvalue weighted by molar-refractivity contribution is 0.384. The van der Waals surface area contributed by atoms with E-state index in [-0.39, 0.29) is 0 Å². The molecule has 1 rings (SSSR count). The third kappa shape index (κ3) is 1.42. The summed E-state index contributed by atoms with van der Waals surface area (Å²) in [4.78, 5) is 0. The highest BCUT2D eigenvalue weighted by molar-refractivity contribution is 14.1. The van der Waals surface area contributed by atoms with Crippen LogP contribution in [0, 0.1) is 3.57 Å². The van der Waals surface area contributed by atoms with Gasteiger partial charge < -0.3 is 10.3 Å². The molecule has 0 bridgehead atoms. The number of aryl methyl sites for hydroxylation is 1.